The van der Waals surface area contributed by atoms with Crippen LogP contribution in [0, 0.1) is 0 Å². The highest BCUT2D eigenvalue weighted by Crippen LogP contribution is 2.33. The van der Waals surface area contributed by atoms with Gasteiger partial charge in [0.05, 0.1) is 38.6 Å². The van der Waals surface area contributed by atoms with Gasteiger partial charge >= 0.3 is 0 Å². The SMILES string of the molecule is CC/C=C\C/C=C\C/C=C\C/C=C\C/C=C\CCCCCCCCCCCCCCCCCCCC(=O)NC(COC1OC(CO)C(OC2OC(CO)C(OC3OC(CO)C(O)C(O)C3O)C(O)C2O)C(O)C1O)C(O)/C=C/CCCCCCCCCCCCCCCCCCCCCCCC. The molecule has 19 heteroatoms. The molecule has 0 aromatic rings. The Labute approximate surface area is 617 Å². The van der Waals surface area contributed by atoms with Crippen molar-refractivity contribution in [1.82, 2.24) is 5.32 Å². The molecule has 0 saturated carbocycles. The van der Waals surface area contributed by atoms with Gasteiger partial charge in [-0.3, -0.25) is 4.79 Å². The predicted octanol–water partition coefficient (Wildman–Crippen LogP) is 14.0. The Morgan fingerprint density at radius 2 is 0.676 bits per heavy atom. The Morgan fingerprint density at radius 1 is 0.363 bits per heavy atom. The summed E-state index contributed by atoms with van der Waals surface area (Å²) >= 11 is 0. The second-order valence-corrected chi connectivity index (χ2v) is 29.2. The van der Waals surface area contributed by atoms with Crippen molar-refractivity contribution in [3.05, 3.63) is 72.9 Å². The molecule has 102 heavy (non-hydrogen) atoms. The molecule has 17 atom stereocenters. The van der Waals surface area contributed by atoms with Gasteiger partial charge in [-0.25, -0.2) is 0 Å². The van der Waals surface area contributed by atoms with Gasteiger partial charge in [-0.15, -0.1) is 0 Å². The maximum absolute atomic E-state index is 13.5. The van der Waals surface area contributed by atoms with Crippen molar-refractivity contribution >= 4 is 5.91 Å². The van der Waals surface area contributed by atoms with E-state index in [1.165, 1.54) is 212 Å². The summed E-state index contributed by atoms with van der Waals surface area (Å²) < 4.78 is 34.5. The van der Waals surface area contributed by atoms with E-state index in [9.17, 15) is 61.0 Å². The maximum Gasteiger partial charge on any atom is 0.220 e. The summed E-state index contributed by atoms with van der Waals surface area (Å²) in [6.45, 7) is 1.66. The van der Waals surface area contributed by atoms with Crippen LogP contribution in [0.4, 0.5) is 0 Å². The van der Waals surface area contributed by atoms with Gasteiger partial charge in [-0.05, 0) is 64.2 Å². The fraction of sp³-hybridized carbons (Fsp3) is 0.843. The Morgan fingerprint density at radius 3 is 1.06 bits per heavy atom. The van der Waals surface area contributed by atoms with Crippen molar-refractivity contribution < 1.29 is 89.4 Å². The standard InChI is InChI=1S/C83H149NO18/c1-3-5-7-9-11-13-15-17-19-21-23-25-27-29-30-31-32-33-34-35-36-37-39-41-43-45-47-49-51-53-55-57-59-61-71(89)84-66(67(88)60-58-56-54-52-50-48-46-44-42-40-38-28-26-24-22-20-18-16-14-12-10-8-6-4-2)65-97-81-77(95)74(92)79(69(63-86)99-81)102-83-78(96)75(93)80(70(64-87)100-83)101-82-76(94)73(91)72(90)68(62-85)98-82/h5,7,11,13,17,19,23,25,29-30,58,60,66-70,72-83,85-88,90-96H,3-4,6,8-10,12,14-16,18,20-22,24,26-28,31-57,59,61-65H2,1-2H3,(H,84,89)/b7-5-,13-11-,19-17-,25-23-,30-29-,60-58+. The van der Waals surface area contributed by atoms with Crippen LogP contribution < -0.4 is 5.32 Å². The lowest BCUT2D eigenvalue weighted by molar-refractivity contribution is -0.379. The summed E-state index contributed by atoms with van der Waals surface area (Å²) in [4.78, 5) is 13.5. The molecular weight excluding hydrogens is 1300 g/mol. The highest BCUT2D eigenvalue weighted by molar-refractivity contribution is 5.76. The predicted molar refractivity (Wildman–Crippen MR) is 406 cm³/mol. The molecule has 0 aromatic carbocycles. The molecule has 3 saturated heterocycles. The zero-order chi connectivity index (χ0) is 73.9. The monoisotopic (exact) mass is 1450 g/mol. The van der Waals surface area contributed by atoms with Crippen molar-refractivity contribution in [3.8, 4) is 0 Å². The molecule has 3 rings (SSSR count). The van der Waals surface area contributed by atoms with Crippen LogP contribution in [-0.4, -0.2) is 193 Å². The Balaban J connectivity index is 1.36. The average molecular weight is 1450 g/mol. The fourth-order valence-corrected chi connectivity index (χ4v) is 13.7. The van der Waals surface area contributed by atoms with Crippen molar-refractivity contribution in [3.63, 3.8) is 0 Å². The lowest BCUT2D eigenvalue weighted by Gasteiger charge is -2.48. The minimum atomic E-state index is -1.98. The van der Waals surface area contributed by atoms with Gasteiger partial charge < -0.3 is 89.9 Å². The molecule has 19 nitrogen and oxygen atoms in total. The normalized spacial score (nSPS) is 26.5. The van der Waals surface area contributed by atoms with E-state index in [0.29, 0.717) is 6.42 Å². The number of unbranched alkanes of at least 4 members (excludes halogenated alkanes) is 39. The van der Waals surface area contributed by atoms with Crippen molar-refractivity contribution in [2.24, 2.45) is 0 Å². The first kappa shape index (κ1) is 93.4. The van der Waals surface area contributed by atoms with Crippen LogP contribution in [0.3, 0.4) is 0 Å². The lowest BCUT2D eigenvalue weighted by atomic mass is 9.96. The van der Waals surface area contributed by atoms with E-state index in [2.05, 4.69) is 79.9 Å². The topological polar surface area (TPSA) is 307 Å². The van der Waals surface area contributed by atoms with Gasteiger partial charge in [0, 0.05) is 6.42 Å². The van der Waals surface area contributed by atoms with Crippen molar-refractivity contribution in [1.29, 1.82) is 0 Å². The Bertz CT molecular complexity index is 2120. The van der Waals surface area contributed by atoms with Crippen LogP contribution in [0.2, 0.25) is 0 Å². The third-order valence-corrected chi connectivity index (χ3v) is 20.3. The molecule has 0 bridgehead atoms. The average Bonchev–Trinajstić information content (AvgIpc) is 0.781. The van der Waals surface area contributed by atoms with Crippen LogP contribution >= 0.6 is 0 Å². The quantitative estimate of drug-likeness (QED) is 0.0199. The molecule has 3 aliphatic rings. The number of carbonyl (C=O) groups excluding carboxylic acids is 1. The van der Waals surface area contributed by atoms with Crippen LogP contribution in [0.5, 0.6) is 0 Å². The van der Waals surface area contributed by atoms with E-state index in [1.807, 2.05) is 6.08 Å². The molecule has 594 valence electrons. The van der Waals surface area contributed by atoms with Gasteiger partial charge in [-0.2, -0.15) is 0 Å². The second-order valence-electron chi connectivity index (χ2n) is 29.2. The zero-order valence-electron chi connectivity index (χ0n) is 63.6. The third kappa shape index (κ3) is 42.7. The number of amides is 1. The Kier molecular flexibility index (Phi) is 57.9. The minimum Gasteiger partial charge on any atom is -0.394 e. The first-order valence-electron chi connectivity index (χ1n) is 41.2. The summed E-state index contributed by atoms with van der Waals surface area (Å²) in [5.74, 6) is -0.272. The van der Waals surface area contributed by atoms with Crippen LogP contribution in [-0.2, 0) is 33.2 Å². The van der Waals surface area contributed by atoms with Gasteiger partial charge in [-0.1, -0.05) is 318 Å². The molecule has 0 spiro atoms. The second kappa shape index (κ2) is 63.2. The molecular formula is C83H149NO18. The summed E-state index contributed by atoms with van der Waals surface area (Å²) in [6.07, 6.45) is 56.0. The maximum atomic E-state index is 13.5. The number of carbonyl (C=O) groups is 1. The minimum absolute atomic E-state index is 0.243. The zero-order valence-corrected chi connectivity index (χ0v) is 63.6. The summed E-state index contributed by atoms with van der Waals surface area (Å²) in [5, 5.41) is 121. The number of hydrogen-bond donors (Lipinski definition) is 12. The molecule has 3 heterocycles. The number of aliphatic hydroxyl groups excluding tert-OH is 11. The highest BCUT2D eigenvalue weighted by Gasteiger charge is 2.54. The van der Waals surface area contributed by atoms with E-state index in [0.717, 1.165) is 77.0 Å². The van der Waals surface area contributed by atoms with E-state index in [4.69, 9.17) is 28.4 Å². The molecule has 12 N–H and O–H groups in total. The first-order valence-corrected chi connectivity index (χ1v) is 41.2. The third-order valence-electron chi connectivity index (χ3n) is 20.3. The number of nitrogens with one attached hydrogen (secondary N) is 1. The number of rotatable bonds is 65. The summed E-state index contributed by atoms with van der Waals surface area (Å²) in [7, 11) is 0. The van der Waals surface area contributed by atoms with Crippen LogP contribution in [0.1, 0.15) is 316 Å². The number of hydrogen-bond acceptors (Lipinski definition) is 18. The van der Waals surface area contributed by atoms with Crippen LogP contribution in [0.25, 0.3) is 0 Å². The lowest BCUT2D eigenvalue weighted by Crippen LogP contribution is -2.66. The number of allylic oxidation sites excluding steroid dienone is 11. The smallest absolute Gasteiger partial charge is 0.220 e. The molecule has 17 unspecified atom stereocenters. The fourth-order valence-electron chi connectivity index (χ4n) is 13.7. The van der Waals surface area contributed by atoms with E-state index >= 15 is 0 Å². The van der Waals surface area contributed by atoms with E-state index in [-0.39, 0.29) is 18.9 Å². The first-order chi connectivity index (χ1) is 49.8. The molecule has 3 fully saturated rings. The number of aliphatic hydroxyl groups is 11. The van der Waals surface area contributed by atoms with Gasteiger partial charge in [0.15, 0.2) is 18.9 Å². The van der Waals surface area contributed by atoms with Crippen molar-refractivity contribution in [2.45, 2.75) is 420 Å². The molecule has 3 aliphatic heterocycles. The van der Waals surface area contributed by atoms with E-state index < -0.39 is 124 Å². The van der Waals surface area contributed by atoms with Gasteiger partial charge in [0.25, 0.3) is 0 Å². The molecule has 1 amide bonds. The molecule has 0 radical (unpaired) electrons. The van der Waals surface area contributed by atoms with Crippen molar-refractivity contribution in [2.75, 3.05) is 26.4 Å². The Hall–Kier alpha value is -2.77. The van der Waals surface area contributed by atoms with Gasteiger partial charge in [0.2, 0.25) is 5.91 Å². The summed E-state index contributed by atoms with van der Waals surface area (Å²) in [6, 6.07) is -0.977. The summed E-state index contributed by atoms with van der Waals surface area (Å²) in [5.41, 5.74) is 0. The van der Waals surface area contributed by atoms with Crippen LogP contribution in [0.15, 0.2) is 72.9 Å². The van der Waals surface area contributed by atoms with E-state index in [1.54, 1.807) is 6.08 Å². The highest BCUT2D eigenvalue weighted by atomic mass is 16.8. The molecule has 0 aliphatic carbocycles. The number of ether oxygens (including phenoxy) is 6. The van der Waals surface area contributed by atoms with Gasteiger partial charge in [0.1, 0.15) is 73.2 Å². The molecule has 0 aromatic heterocycles. The largest absolute Gasteiger partial charge is 0.394 e.